The zero-order chi connectivity index (χ0) is 20.4. The van der Waals surface area contributed by atoms with E-state index in [0.717, 1.165) is 37.8 Å². The molecule has 154 valence electrons. The van der Waals surface area contributed by atoms with Crippen molar-refractivity contribution in [1.82, 2.24) is 4.90 Å². The van der Waals surface area contributed by atoms with Crippen molar-refractivity contribution >= 4 is 11.7 Å². The number of carbonyl (C=O) groups excluding carboxylic acids is 1. The largest absolute Gasteiger partial charge is 0.497 e. The van der Waals surface area contributed by atoms with E-state index >= 15 is 0 Å². The number of ether oxygens (including phenoxy) is 2. The van der Waals surface area contributed by atoms with Gasteiger partial charge in [0, 0.05) is 37.3 Å². The first kappa shape index (κ1) is 19.8. The Morgan fingerprint density at radius 2 is 1.72 bits per heavy atom. The molecule has 2 aliphatic rings. The van der Waals surface area contributed by atoms with Crippen LogP contribution in [0.25, 0.3) is 0 Å². The lowest BCUT2D eigenvalue weighted by molar-refractivity contribution is 0.00685. The maximum Gasteiger partial charge on any atom is 0.337 e. The molecular formula is C24H30N2O3. The minimum atomic E-state index is -0.280. The summed E-state index contributed by atoms with van der Waals surface area (Å²) in [7, 11) is 5.33. The third-order valence-electron chi connectivity index (χ3n) is 6.33. The number of nitrogens with zero attached hydrogens (tertiary/aromatic N) is 2. The van der Waals surface area contributed by atoms with E-state index in [1.165, 1.54) is 31.2 Å². The van der Waals surface area contributed by atoms with Crippen LogP contribution < -0.4 is 9.64 Å². The second kappa shape index (κ2) is 8.07. The predicted molar refractivity (Wildman–Crippen MR) is 114 cm³/mol. The number of anilines is 1. The predicted octanol–water partition coefficient (Wildman–Crippen LogP) is 3.83. The molecule has 1 heterocycles. The molecular weight excluding hydrogens is 364 g/mol. The van der Waals surface area contributed by atoms with E-state index in [0.29, 0.717) is 11.0 Å². The third kappa shape index (κ3) is 4.25. The van der Waals surface area contributed by atoms with Gasteiger partial charge in [-0.1, -0.05) is 12.1 Å². The van der Waals surface area contributed by atoms with E-state index in [1.807, 2.05) is 36.4 Å². The highest BCUT2D eigenvalue weighted by molar-refractivity contribution is 5.89. The van der Waals surface area contributed by atoms with E-state index in [-0.39, 0.29) is 5.97 Å². The standard InChI is InChI=1S/C24H30N2O3/c1-25(14-18-4-10-22(28-2)11-5-18)15-19-12-24(13-19)16-26(17-24)21-8-6-20(7-9-21)23(27)29-3/h4-11,19H,12-17H2,1-3H3. The van der Waals surface area contributed by atoms with Crippen molar-refractivity contribution in [2.75, 3.05) is 45.8 Å². The molecule has 1 saturated carbocycles. The molecule has 0 atom stereocenters. The quantitative estimate of drug-likeness (QED) is 0.668. The second-order valence-electron chi connectivity index (χ2n) is 8.71. The van der Waals surface area contributed by atoms with E-state index in [9.17, 15) is 4.79 Å². The highest BCUT2D eigenvalue weighted by Crippen LogP contribution is 2.53. The molecule has 0 N–H and O–H groups in total. The Bertz CT molecular complexity index is 833. The summed E-state index contributed by atoms with van der Waals surface area (Å²) in [6.07, 6.45) is 2.63. The first-order valence-corrected chi connectivity index (χ1v) is 10.2. The molecule has 1 saturated heterocycles. The van der Waals surface area contributed by atoms with Gasteiger partial charge in [-0.05, 0) is 67.8 Å². The number of esters is 1. The van der Waals surface area contributed by atoms with Crippen LogP contribution in [0.4, 0.5) is 5.69 Å². The summed E-state index contributed by atoms with van der Waals surface area (Å²) in [6, 6.07) is 16.1. The average Bonchev–Trinajstić information content (AvgIpc) is 2.69. The van der Waals surface area contributed by atoms with Gasteiger partial charge in [0.1, 0.15) is 5.75 Å². The smallest absolute Gasteiger partial charge is 0.337 e. The molecule has 0 unspecified atom stereocenters. The van der Waals surface area contributed by atoms with Crippen molar-refractivity contribution in [2.45, 2.75) is 19.4 Å². The van der Waals surface area contributed by atoms with Gasteiger partial charge in [-0.25, -0.2) is 4.79 Å². The van der Waals surface area contributed by atoms with Crippen molar-refractivity contribution in [1.29, 1.82) is 0 Å². The molecule has 2 aromatic rings. The highest BCUT2D eigenvalue weighted by atomic mass is 16.5. The molecule has 0 radical (unpaired) electrons. The van der Waals surface area contributed by atoms with Crippen molar-refractivity contribution in [3.8, 4) is 5.75 Å². The fourth-order valence-electron chi connectivity index (χ4n) is 4.97. The molecule has 1 aliphatic carbocycles. The van der Waals surface area contributed by atoms with Gasteiger partial charge in [0.2, 0.25) is 0 Å². The number of carbonyl (C=O) groups is 1. The Balaban J connectivity index is 1.21. The maximum atomic E-state index is 11.6. The average molecular weight is 395 g/mol. The minimum absolute atomic E-state index is 0.280. The Morgan fingerprint density at radius 1 is 1.07 bits per heavy atom. The Morgan fingerprint density at radius 3 is 2.31 bits per heavy atom. The third-order valence-corrected chi connectivity index (χ3v) is 6.33. The van der Waals surface area contributed by atoms with Crippen LogP contribution in [-0.4, -0.2) is 51.8 Å². The van der Waals surface area contributed by atoms with Crippen molar-refractivity contribution in [2.24, 2.45) is 11.3 Å². The summed E-state index contributed by atoms with van der Waals surface area (Å²) in [5.41, 5.74) is 3.64. The number of rotatable bonds is 7. The molecule has 29 heavy (non-hydrogen) atoms. The minimum Gasteiger partial charge on any atom is -0.497 e. The SMILES string of the molecule is COC(=O)c1ccc(N2CC3(CC(CN(C)Cc4ccc(OC)cc4)C3)C2)cc1. The lowest BCUT2D eigenvalue weighted by Crippen LogP contribution is -2.63. The molecule has 0 bridgehead atoms. The Labute approximate surface area is 173 Å². The zero-order valence-electron chi connectivity index (χ0n) is 17.6. The fourth-order valence-corrected chi connectivity index (χ4v) is 4.97. The molecule has 0 aromatic heterocycles. The number of benzene rings is 2. The van der Waals surface area contributed by atoms with Gasteiger partial charge < -0.3 is 19.3 Å². The molecule has 5 nitrogen and oxygen atoms in total. The lowest BCUT2D eigenvalue weighted by Gasteiger charge is -2.60. The molecule has 1 aliphatic heterocycles. The van der Waals surface area contributed by atoms with Crippen LogP contribution in [0.5, 0.6) is 5.75 Å². The van der Waals surface area contributed by atoms with Crippen LogP contribution in [0.1, 0.15) is 28.8 Å². The summed E-state index contributed by atoms with van der Waals surface area (Å²) in [4.78, 5) is 16.4. The van der Waals surface area contributed by atoms with Crippen LogP contribution in [-0.2, 0) is 11.3 Å². The summed E-state index contributed by atoms with van der Waals surface area (Å²) in [6.45, 7) is 4.39. The van der Waals surface area contributed by atoms with Crippen molar-refractivity contribution in [3.63, 3.8) is 0 Å². The lowest BCUT2D eigenvalue weighted by atomic mass is 9.57. The zero-order valence-corrected chi connectivity index (χ0v) is 17.6. The van der Waals surface area contributed by atoms with Gasteiger partial charge in [-0.3, -0.25) is 0 Å². The molecule has 0 amide bonds. The molecule has 5 heteroatoms. The number of hydrogen-bond donors (Lipinski definition) is 0. The van der Waals surface area contributed by atoms with Crippen LogP contribution >= 0.6 is 0 Å². The van der Waals surface area contributed by atoms with Crippen LogP contribution in [0, 0.1) is 11.3 Å². The molecule has 1 spiro atoms. The van der Waals surface area contributed by atoms with Crippen LogP contribution in [0.3, 0.4) is 0 Å². The highest BCUT2D eigenvalue weighted by Gasteiger charge is 2.52. The monoisotopic (exact) mass is 394 g/mol. The topological polar surface area (TPSA) is 42.0 Å². The normalized spacial score (nSPS) is 17.7. The van der Waals surface area contributed by atoms with Gasteiger partial charge in [0.15, 0.2) is 0 Å². The van der Waals surface area contributed by atoms with Gasteiger partial charge in [-0.2, -0.15) is 0 Å². The summed E-state index contributed by atoms with van der Waals surface area (Å²) >= 11 is 0. The number of hydrogen-bond acceptors (Lipinski definition) is 5. The summed E-state index contributed by atoms with van der Waals surface area (Å²) in [5.74, 6) is 1.42. The number of methoxy groups -OCH3 is 2. The van der Waals surface area contributed by atoms with E-state index < -0.39 is 0 Å². The van der Waals surface area contributed by atoms with E-state index in [4.69, 9.17) is 9.47 Å². The molecule has 4 rings (SSSR count). The van der Waals surface area contributed by atoms with E-state index in [2.05, 4.69) is 29.0 Å². The second-order valence-corrected chi connectivity index (χ2v) is 8.71. The van der Waals surface area contributed by atoms with Crippen molar-refractivity contribution in [3.05, 3.63) is 59.7 Å². The summed E-state index contributed by atoms with van der Waals surface area (Å²) < 4.78 is 10.00. The Hall–Kier alpha value is -2.53. The summed E-state index contributed by atoms with van der Waals surface area (Å²) in [5, 5.41) is 0. The van der Waals surface area contributed by atoms with Gasteiger partial charge in [0.05, 0.1) is 19.8 Å². The van der Waals surface area contributed by atoms with Crippen molar-refractivity contribution < 1.29 is 14.3 Å². The van der Waals surface area contributed by atoms with Gasteiger partial charge in [0.25, 0.3) is 0 Å². The first-order valence-electron chi connectivity index (χ1n) is 10.2. The Kier molecular flexibility index (Phi) is 5.50. The van der Waals surface area contributed by atoms with Gasteiger partial charge in [-0.15, -0.1) is 0 Å². The molecule has 2 fully saturated rings. The first-order chi connectivity index (χ1) is 14.0. The van der Waals surface area contributed by atoms with Gasteiger partial charge >= 0.3 is 5.97 Å². The van der Waals surface area contributed by atoms with Crippen LogP contribution in [0.2, 0.25) is 0 Å². The van der Waals surface area contributed by atoms with E-state index in [1.54, 1.807) is 7.11 Å². The fraction of sp³-hybridized carbons (Fsp3) is 0.458. The maximum absolute atomic E-state index is 11.6. The van der Waals surface area contributed by atoms with Crippen LogP contribution in [0.15, 0.2) is 48.5 Å². The molecule has 2 aromatic carbocycles.